The number of carbonyl (C=O) groups is 1. The van der Waals surface area contributed by atoms with Crippen molar-refractivity contribution < 1.29 is 9.90 Å². The Morgan fingerprint density at radius 1 is 1.52 bits per heavy atom. The molecule has 4 nitrogen and oxygen atoms in total. The highest BCUT2D eigenvalue weighted by atomic mass is 35.5. The number of benzene rings is 1. The first kappa shape index (κ1) is 16.3. The minimum atomic E-state index is -0.00925. The molecule has 1 saturated heterocycles. The van der Waals surface area contributed by atoms with Gasteiger partial charge in [0.25, 0.3) is 0 Å². The Morgan fingerprint density at radius 2 is 2.33 bits per heavy atom. The zero-order chi connectivity index (χ0) is 15.2. The van der Waals surface area contributed by atoms with Gasteiger partial charge in [0.2, 0.25) is 5.91 Å². The molecule has 0 bridgehead atoms. The normalized spacial score (nSPS) is 19.5. The van der Waals surface area contributed by atoms with Gasteiger partial charge < -0.3 is 10.4 Å². The molecule has 1 heterocycles. The van der Waals surface area contributed by atoms with Crippen LogP contribution in [0.1, 0.15) is 24.8 Å². The second kappa shape index (κ2) is 7.78. The predicted molar refractivity (Wildman–Crippen MR) is 85.7 cm³/mol. The molecule has 1 aromatic rings. The first-order valence-electron chi connectivity index (χ1n) is 7.48. The van der Waals surface area contributed by atoms with E-state index in [0.717, 1.165) is 43.6 Å². The predicted octanol–water partition coefficient (Wildman–Crippen LogP) is 2.68. The molecular formula is C16H23ClN2O2. The summed E-state index contributed by atoms with van der Waals surface area (Å²) in [5.41, 5.74) is 1.67. The number of hydrogen-bond donors (Lipinski definition) is 2. The third-order valence-corrected chi connectivity index (χ3v) is 4.46. The number of rotatable bonds is 5. The van der Waals surface area contributed by atoms with Crippen molar-refractivity contribution >= 4 is 23.2 Å². The van der Waals surface area contributed by atoms with E-state index >= 15 is 0 Å². The number of aliphatic hydroxyl groups is 1. The number of carbonyl (C=O) groups excluding carboxylic acids is 1. The quantitative estimate of drug-likeness (QED) is 0.879. The molecule has 0 radical (unpaired) electrons. The lowest BCUT2D eigenvalue weighted by molar-refractivity contribution is -0.117. The minimum Gasteiger partial charge on any atom is -0.396 e. The lowest BCUT2D eigenvalue weighted by Gasteiger charge is -2.31. The topological polar surface area (TPSA) is 52.6 Å². The van der Waals surface area contributed by atoms with E-state index in [4.69, 9.17) is 16.7 Å². The minimum absolute atomic E-state index is 0.00925. The Hall–Kier alpha value is -1.10. The van der Waals surface area contributed by atoms with Crippen molar-refractivity contribution in [3.05, 3.63) is 28.8 Å². The molecule has 1 fully saturated rings. The van der Waals surface area contributed by atoms with Crippen molar-refractivity contribution in [2.45, 2.75) is 26.2 Å². The maximum atomic E-state index is 12.2. The number of hydrogen-bond acceptors (Lipinski definition) is 3. The van der Waals surface area contributed by atoms with Crippen LogP contribution in [0, 0.1) is 12.8 Å². The van der Waals surface area contributed by atoms with Crippen LogP contribution in [0.2, 0.25) is 5.02 Å². The van der Waals surface area contributed by atoms with E-state index in [1.807, 2.05) is 25.1 Å². The summed E-state index contributed by atoms with van der Waals surface area (Å²) in [6, 6.07) is 5.52. The molecule has 0 saturated carbocycles. The van der Waals surface area contributed by atoms with E-state index < -0.39 is 0 Å². The van der Waals surface area contributed by atoms with Crippen LogP contribution in [0.4, 0.5) is 5.69 Å². The van der Waals surface area contributed by atoms with E-state index in [1.165, 1.54) is 0 Å². The number of piperidine rings is 1. The summed E-state index contributed by atoms with van der Waals surface area (Å²) >= 11 is 6.06. The molecule has 0 aromatic heterocycles. The van der Waals surface area contributed by atoms with Gasteiger partial charge in [-0.3, -0.25) is 9.69 Å². The van der Waals surface area contributed by atoms with Crippen molar-refractivity contribution in [1.82, 2.24) is 4.90 Å². The van der Waals surface area contributed by atoms with Crippen LogP contribution in [0.15, 0.2) is 18.2 Å². The van der Waals surface area contributed by atoms with Crippen molar-refractivity contribution in [1.29, 1.82) is 0 Å². The zero-order valence-corrected chi connectivity index (χ0v) is 13.2. The van der Waals surface area contributed by atoms with Gasteiger partial charge in [0.05, 0.1) is 6.54 Å². The van der Waals surface area contributed by atoms with Gasteiger partial charge in [-0.15, -0.1) is 0 Å². The average molecular weight is 311 g/mol. The Labute approximate surface area is 131 Å². The zero-order valence-electron chi connectivity index (χ0n) is 12.4. The first-order chi connectivity index (χ1) is 10.1. The highest BCUT2D eigenvalue weighted by Gasteiger charge is 2.21. The monoisotopic (exact) mass is 310 g/mol. The highest BCUT2D eigenvalue weighted by Crippen LogP contribution is 2.23. The lowest BCUT2D eigenvalue weighted by Crippen LogP contribution is -2.40. The molecule has 1 amide bonds. The van der Waals surface area contributed by atoms with Crippen LogP contribution in [0.3, 0.4) is 0 Å². The molecule has 5 heteroatoms. The number of halogens is 1. The van der Waals surface area contributed by atoms with Gasteiger partial charge in [-0.05, 0) is 56.3 Å². The summed E-state index contributed by atoms with van der Waals surface area (Å²) in [6.07, 6.45) is 3.06. The molecule has 21 heavy (non-hydrogen) atoms. The van der Waals surface area contributed by atoms with Crippen molar-refractivity contribution in [2.24, 2.45) is 5.92 Å². The van der Waals surface area contributed by atoms with E-state index in [-0.39, 0.29) is 12.5 Å². The Balaban J connectivity index is 1.88. The number of aliphatic hydroxyl groups excluding tert-OH is 1. The fraction of sp³-hybridized carbons (Fsp3) is 0.562. The summed E-state index contributed by atoms with van der Waals surface area (Å²) in [5.74, 6) is 0.495. The molecule has 2 rings (SSSR count). The number of amides is 1. The van der Waals surface area contributed by atoms with E-state index in [1.54, 1.807) is 0 Å². The van der Waals surface area contributed by atoms with Crippen molar-refractivity contribution in [3.8, 4) is 0 Å². The van der Waals surface area contributed by atoms with Gasteiger partial charge in [0, 0.05) is 23.9 Å². The summed E-state index contributed by atoms with van der Waals surface area (Å²) in [7, 11) is 0. The summed E-state index contributed by atoms with van der Waals surface area (Å²) in [6.45, 7) is 4.36. The molecule has 1 aromatic carbocycles. The Morgan fingerprint density at radius 3 is 3.10 bits per heavy atom. The molecule has 1 atom stereocenters. The third-order valence-electron chi connectivity index (χ3n) is 4.05. The van der Waals surface area contributed by atoms with Crippen molar-refractivity contribution in [3.63, 3.8) is 0 Å². The fourth-order valence-electron chi connectivity index (χ4n) is 2.85. The van der Waals surface area contributed by atoms with E-state index in [0.29, 0.717) is 17.5 Å². The van der Waals surface area contributed by atoms with Gasteiger partial charge in [0.15, 0.2) is 0 Å². The second-order valence-electron chi connectivity index (χ2n) is 5.72. The average Bonchev–Trinajstić information content (AvgIpc) is 2.44. The largest absolute Gasteiger partial charge is 0.396 e. The molecule has 0 spiro atoms. The number of nitrogens with one attached hydrogen (secondary N) is 1. The second-order valence-corrected chi connectivity index (χ2v) is 6.12. The Bertz CT molecular complexity index is 491. The molecule has 116 valence electrons. The summed E-state index contributed by atoms with van der Waals surface area (Å²) < 4.78 is 0. The Kier molecular flexibility index (Phi) is 6.03. The van der Waals surface area contributed by atoms with Gasteiger partial charge in [-0.25, -0.2) is 0 Å². The summed E-state index contributed by atoms with van der Waals surface area (Å²) in [5, 5.41) is 12.6. The van der Waals surface area contributed by atoms with Crippen LogP contribution >= 0.6 is 11.6 Å². The molecular weight excluding hydrogens is 288 g/mol. The fourth-order valence-corrected chi connectivity index (χ4v) is 3.02. The van der Waals surface area contributed by atoms with Crippen LogP contribution in [0.25, 0.3) is 0 Å². The van der Waals surface area contributed by atoms with Crippen LogP contribution in [0.5, 0.6) is 0 Å². The highest BCUT2D eigenvalue weighted by molar-refractivity contribution is 6.31. The van der Waals surface area contributed by atoms with Crippen LogP contribution in [-0.2, 0) is 4.79 Å². The third kappa shape index (κ3) is 4.70. The number of nitrogens with zero attached hydrogens (tertiary/aromatic N) is 1. The van der Waals surface area contributed by atoms with Gasteiger partial charge in [-0.2, -0.15) is 0 Å². The molecule has 0 aliphatic carbocycles. The maximum absolute atomic E-state index is 12.2. The van der Waals surface area contributed by atoms with Crippen LogP contribution < -0.4 is 5.32 Å². The number of anilines is 1. The van der Waals surface area contributed by atoms with Crippen LogP contribution in [-0.4, -0.2) is 42.2 Å². The van der Waals surface area contributed by atoms with E-state index in [9.17, 15) is 4.79 Å². The standard InChI is InChI=1S/C16H23ClN2O2/c1-12-14(17)5-2-6-15(12)18-16(21)11-19-8-3-4-13(10-19)7-9-20/h2,5-6,13,20H,3-4,7-11H2,1H3,(H,18,21). The SMILES string of the molecule is Cc1c(Cl)cccc1NC(=O)CN1CCCC(CCO)C1. The van der Waals surface area contributed by atoms with Gasteiger partial charge >= 0.3 is 0 Å². The smallest absolute Gasteiger partial charge is 0.238 e. The molecule has 1 unspecified atom stereocenters. The molecule has 1 aliphatic rings. The molecule has 1 aliphatic heterocycles. The van der Waals surface area contributed by atoms with Gasteiger partial charge in [0.1, 0.15) is 0 Å². The summed E-state index contributed by atoms with van der Waals surface area (Å²) in [4.78, 5) is 14.3. The van der Waals surface area contributed by atoms with Gasteiger partial charge in [-0.1, -0.05) is 17.7 Å². The first-order valence-corrected chi connectivity index (χ1v) is 7.86. The molecule has 2 N–H and O–H groups in total. The number of likely N-dealkylation sites (tertiary alicyclic amines) is 1. The lowest BCUT2D eigenvalue weighted by atomic mass is 9.95. The van der Waals surface area contributed by atoms with Crippen molar-refractivity contribution in [2.75, 3.05) is 31.6 Å². The van der Waals surface area contributed by atoms with E-state index in [2.05, 4.69) is 10.2 Å². The maximum Gasteiger partial charge on any atom is 0.238 e.